The molecule has 0 atom stereocenters. The fourth-order valence-electron chi connectivity index (χ4n) is 0.992. The molecule has 0 spiro atoms. The lowest BCUT2D eigenvalue weighted by Gasteiger charge is -2.01. The Morgan fingerprint density at radius 1 is 1.46 bits per heavy atom. The summed E-state index contributed by atoms with van der Waals surface area (Å²) in [5.74, 6) is 0. The van der Waals surface area contributed by atoms with E-state index in [4.69, 9.17) is 10.7 Å². The summed E-state index contributed by atoms with van der Waals surface area (Å²) in [6.07, 6.45) is 0. The Kier molecular flexibility index (Phi) is 3.30. The molecule has 72 valence electrons. The van der Waals surface area contributed by atoms with E-state index in [1.54, 1.807) is 0 Å². The zero-order valence-corrected chi connectivity index (χ0v) is 8.69. The van der Waals surface area contributed by atoms with Crippen LogP contribution in [0.4, 0.5) is 0 Å². The first-order valence-electron chi connectivity index (χ1n) is 3.72. The minimum atomic E-state index is -3.61. The first-order chi connectivity index (χ1) is 5.97. The van der Waals surface area contributed by atoms with Gasteiger partial charge in [0.15, 0.2) is 0 Å². The van der Waals surface area contributed by atoms with Crippen molar-refractivity contribution in [1.29, 1.82) is 0 Å². The van der Waals surface area contributed by atoms with E-state index in [0.29, 0.717) is 0 Å². The molecule has 1 aromatic carbocycles. The summed E-state index contributed by atoms with van der Waals surface area (Å²) in [4.78, 5) is 0. The minimum Gasteiger partial charge on any atom is -0.198 e. The van der Waals surface area contributed by atoms with Crippen LogP contribution in [0.1, 0.15) is 11.1 Å². The molecule has 0 aliphatic rings. The zero-order chi connectivity index (χ0) is 9.90. The summed E-state index contributed by atoms with van der Waals surface area (Å²) in [7, 11) is 1.37. The van der Waals surface area contributed by atoms with Crippen molar-refractivity contribution in [2.75, 3.05) is 0 Å². The molecule has 0 radical (unpaired) electrons. The Morgan fingerprint density at radius 2 is 2.15 bits per heavy atom. The molecule has 0 aliphatic carbocycles. The van der Waals surface area contributed by atoms with Gasteiger partial charge >= 0.3 is 0 Å². The highest BCUT2D eigenvalue weighted by Crippen LogP contribution is 2.04. The van der Waals surface area contributed by atoms with E-state index in [1.807, 2.05) is 31.2 Å². The van der Waals surface area contributed by atoms with Gasteiger partial charge in [0.2, 0.25) is 0 Å². The number of halogens is 1. The molecule has 1 N–H and O–H groups in total. The van der Waals surface area contributed by atoms with Crippen molar-refractivity contribution in [2.24, 2.45) is 0 Å². The Morgan fingerprint density at radius 3 is 2.69 bits per heavy atom. The highest BCUT2D eigenvalue weighted by atomic mass is 35.7. The Balaban J connectivity index is 2.65. The van der Waals surface area contributed by atoms with Crippen LogP contribution in [0.15, 0.2) is 24.3 Å². The summed E-state index contributed by atoms with van der Waals surface area (Å²) in [6, 6.07) is 7.54. The molecular formula is C8H10ClNO2S. The molecule has 0 aromatic heterocycles. The van der Waals surface area contributed by atoms with Gasteiger partial charge in [0.05, 0.1) is 0 Å². The van der Waals surface area contributed by atoms with Crippen LogP contribution < -0.4 is 4.72 Å². The summed E-state index contributed by atoms with van der Waals surface area (Å²) in [5.41, 5.74) is 1.98. The zero-order valence-electron chi connectivity index (χ0n) is 7.12. The average molecular weight is 220 g/mol. The molecule has 0 unspecified atom stereocenters. The van der Waals surface area contributed by atoms with Crippen LogP contribution >= 0.6 is 10.7 Å². The first kappa shape index (κ1) is 10.5. The molecule has 0 saturated carbocycles. The fraction of sp³-hybridized carbons (Fsp3) is 0.250. The van der Waals surface area contributed by atoms with Crippen LogP contribution in [0, 0.1) is 6.92 Å². The third kappa shape index (κ3) is 4.26. The molecule has 0 amide bonds. The van der Waals surface area contributed by atoms with Crippen LogP contribution in [0.2, 0.25) is 0 Å². The molecule has 0 saturated heterocycles. The summed E-state index contributed by atoms with van der Waals surface area (Å²) >= 11 is 0. The Hall–Kier alpha value is -0.580. The van der Waals surface area contributed by atoms with Gasteiger partial charge in [0, 0.05) is 17.2 Å². The number of hydrogen-bond acceptors (Lipinski definition) is 2. The van der Waals surface area contributed by atoms with Gasteiger partial charge in [-0.25, -0.2) is 0 Å². The molecule has 0 heterocycles. The van der Waals surface area contributed by atoms with Gasteiger partial charge in [-0.2, -0.15) is 13.1 Å². The van der Waals surface area contributed by atoms with Crippen LogP contribution in [0.25, 0.3) is 0 Å². The lowest BCUT2D eigenvalue weighted by molar-refractivity contribution is 0.596. The Labute approximate surface area is 82.3 Å². The van der Waals surface area contributed by atoms with Crippen molar-refractivity contribution in [3.63, 3.8) is 0 Å². The number of nitrogens with one attached hydrogen (secondary N) is 1. The minimum absolute atomic E-state index is 0.230. The van der Waals surface area contributed by atoms with E-state index < -0.39 is 9.24 Å². The first-order valence-corrected chi connectivity index (χ1v) is 6.03. The highest BCUT2D eigenvalue weighted by molar-refractivity contribution is 8.12. The monoisotopic (exact) mass is 219 g/mol. The predicted molar refractivity (Wildman–Crippen MR) is 52.8 cm³/mol. The second-order valence-electron chi connectivity index (χ2n) is 2.75. The third-order valence-corrected chi connectivity index (χ3v) is 2.35. The standard InChI is InChI=1S/C8H10ClNO2S/c1-7-3-2-4-8(5-7)6-10-13(9,11)12/h2-5,10H,6H2,1H3. The van der Waals surface area contributed by atoms with Crippen molar-refractivity contribution in [3.05, 3.63) is 35.4 Å². The number of hydrogen-bond donors (Lipinski definition) is 1. The van der Waals surface area contributed by atoms with E-state index in [0.717, 1.165) is 11.1 Å². The van der Waals surface area contributed by atoms with Gasteiger partial charge in [0.1, 0.15) is 0 Å². The summed E-state index contributed by atoms with van der Waals surface area (Å²) in [5, 5.41) is 0. The van der Waals surface area contributed by atoms with Gasteiger partial charge in [-0.05, 0) is 12.5 Å². The Bertz CT molecular complexity index is 389. The maximum atomic E-state index is 10.5. The second-order valence-corrected chi connectivity index (χ2v) is 5.13. The molecule has 0 bridgehead atoms. The van der Waals surface area contributed by atoms with Crippen molar-refractivity contribution >= 4 is 19.9 Å². The van der Waals surface area contributed by atoms with Crippen LogP contribution in [-0.2, 0) is 15.8 Å². The lowest BCUT2D eigenvalue weighted by atomic mass is 10.1. The van der Waals surface area contributed by atoms with Crippen LogP contribution in [-0.4, -0.2) is 8.42 Å². The quantitative estimate of drug-likeness (QED) is 0.785. The van der Waals surface area contributed by atoms with E-state index in [-0.39, 0.29) is 6.54 Å². The normalized spacial score (nSPS) is 11.5. The summed E-state index contributed by atoms with van der Waals surface area (Å²) in [6.45, 7) is 2.17. The maximum absolute atomic E-state index is 10.5. The molecule has 5 heteroatoms. The van der Waals surface area contributed by atoms with Gasteiger partial charge in [-0.15, -0.1) is 0 Å². The van der Waals surface area contributed by atoms with Gasteiger partial charge in [-0.3, -0.25) is 0 Å². The van der Waals surface area contributed by atoms with E-state index in [9.17, 15) is 8.42 Å². The van der Waals surface area contributed by atoms with Crippen LogP contribution in [0.3, 0.4) is 0 Å². The second kappa shape index (κ2) is 4.09. The van der Waals surface area contributed by atoms with Crippen LogP contribution in [0.5, 0.6) is 0 Å². The topological polar surface area (TPSA) is 46.2 Å². The molecule has 0 aliphatic heterocycles. The van der Waals surface area contributed by atoms with Crippen molar-refractivity contribution in [3.8, 4) is 0 Å². The molecule has 0 fully saturated rings. The fourth-order valence-corrected chi connectivity index (χ4v) is 1.49. The largest absolute Gasteiger partial charge is 0.297 e. The van der Waals surface area contributed by atoms with Crippen molar-refractivity contribution in [2.45, 2.75) is 13.5 Å². The molecule has 13 heavy (non-hydrogen) atoms. The SMILES string of the molecule is Cc1cccc(CNS(=O)(=O)Cl)c1. The highest BCUT2D eigenvalue weighted by Gasteiger charge is 2.02. The number of rotatable bonds is 3. The summed E-state index contributed by atoms with van der Waals surface area (Å²) < 4.78 is 23.3. The maximum Gasteiger partial charge on any atom is 0.297 e. The molecule has 1 rings (SSSR count). The molecule has 3 nitrogen and oxygen atoms in total. The predicted octanol–water partition coefficient (Wildman–Crippen LogP) is 1.57. The van der Waals surface area contributed by atoms with Gasteiger partial charge < -0.3 is 0 Å². The van der Waals surface area contributed by atoms with Crippen molar-refractivity contribution < 1.29 is 8.42 Å². The smallest absolute Gasteiger partial charge is 0.198 e. The molecular weight excluding hydrogens is 210 g/mol. The van der Waals surface area contributed by atoms with Crippen molar-refractivity contribution in [1.82, 2.24) is 4.72 Å². The van der Waals surface area contributed by atoms with E-state index in [2.05, 4.69) is 4.72 Å². The number of benzene rings is 1. The van der Waals surface area contributed by atoms with E-state index >= 15 is 0 Å². The average Bonchev–Trinajstić information content (AvgIpc) is 2.00. The third-order valence-electron chi connectivity index (χ3n) is 1.53. The molecule has 1 aromatic rings. The van der Waals surface area contributed by atoms with Gasteiger partial charge in [0.25, 0.3) is 9.24 Å². The van der Waals surface area contributed by atoms with Gasteiger partial charge in [-0.1, -0.05) is 29.8 Å². The van der Waals surface area contributed by atoms with E-state index in [1.165, 1.54) is 0 Å². The number of aryl methyl sites for hydroxylation is 1. The lowest BCUT2D eigenvalue weighted by Crippen LogP contribution is -2.17.